The first-order chi connectivity index (χ1) is 6.27. The van der Waals surface area contributed by atoms with Crippen LogP contribution in [0.2, 0.25) is 0 Å². The molecule has 0 saturated heterocycles. The molecule has 13 heavy (non-hydrogen) atoms. The van der Waals surface area contributed by atoms with Crippen LogP contribution < -0.4 is 0 Å². The van der Waals surface area contributed by atoms with E-state index in [2.05, 4.69) is 0 Å². The minimum absolute atomic E-state index is 0.184. The summed E-state index contributed by atoms with van der Waals surface area (Å²) in [5, 5.41) is 9.95. The fourth-order valence-electron chi connectivity index (χ4n) is 0.724. The molecule has 0 unspecified atom stereocenters. The lowest BCUT2D eigenvalue weighted by atomic mass is 10.5. The van der Waals surface area contributed by atoms with Crippen LogP contribution in [0.4, 0.5) is 0 Å². The molecule has 0 amide bonds. The SMILES string of the molecule is CC(C)OCCOCCOCC[O]. The monoisotopic (exact) mass is 191 g/mol. The molecule has 0 N–H and O–H groups in total. The van der Waals surface area contributed by atoms with E-state index in [1.807, 2.05) is 13.8 Å². The molecule has 0 spiro atoms. The van der Waals surface area contributed by atoms with Gasteiger partial charge in [0.15, 0.2) is 0 Å². The van der Waals surface area contributed by atoms with Crippen molar-refractivity contribution in [1.29, 1.82) is 0 Å². The first-order valence-electron chi connectivity index (χ1n) is 4.62. The summed E-state index contributed by atoms with van der Waals surface area (Å²) in [5.74, 6) is 0. The first kappa shape index (κ1) is 12.8. The lowest BCUT2D eigenvalue weighted by Crippen LogP contribution is -2.12. The Labute approximate surface area is 79.8 Å². The molecule has 0 aromatic heterocycles. The summed E-state index contributed by atoms with van der Waals surface area (Å²) in [5.41, 5.74) is 0. The van der Waals surface area contributed by atoms with E-state index < -0.39 is 0 Å². The van der Waals surface area contributed by atoms with E-state index in [9.17, 15) is 5.11 Å². The van der Waals surface area contributed by atoms with Crippen LogP contribution in [0.25, 0.3) is 0 Å². The number of rotatable bonds is 9. The molecule has 0 saturated carbocycles. The summed E-state index contributed by atoms with van der Waals surface area (Å²) in [6.07, 6.45) is 0.250. The summed E-state index contributed by atoms with van der Waals surface area (Å²) in [7, 11) is 0. The van der Waals surface area contributed by atoms with Gasteiger partial charge in [0.25, 0.3) is 0 Å². The van der Waals surface area contributed by atoms with E-state index in [0.29, 0.717) is 26.4 Å². The Balaban J connectivity index is 2.84. The van der Waals surface area contributed by atoms with Crippen molar-refractivity contribution in [2.75, 3.05) is 39.6 Å². The molecular formula is C9H19O4. The fourth-order valence-corrected chi connectivity index (χ4v) is 0.724. The number of ether oxygens (including phenoxy) is 3. The predicted molar refractivity (Wildman–Crippen MR) is 48.3 cm³/mol. The number of hydrogen-bond donors (Lipinski definition) is 0. The van der Waals surface area contributed by atoms with Crippen molar-refractivity contribution in [3.63, 3.8) is 0 Å². The topological polar surface area (TPSA) is 47.6 Å². The molecular weight excluding hydrogens is 172 g/mol. The fraction of sp³-hybridized carbons (Fsp3) is 1.00. The van der Waals surface area contributed by atoms with Gasteiger partial charge >= 0.3 is 0 Å². The summed E-state index contributed by atoms with van der Waals surface area (Å²) >= 11 is 0. The molecule has 4 nitrogen and oxygen atoms in total. The van der Waals surface area contributed by atoms with Gasteiger partial charge in [0.1, 0.15) is 6.61 Å². The van der Waals surface area contributed by atoms with Crippen molar-refractivity contribution in [2.45, 2.75) is 20.0 Å². The highest BCUT2D eigenvalue weighted by Crippen LogP contribution is 1.87. The van der Waals surface area contributed by atoms with Crippen LogP contribution in [0.5, 0.6) is 0 Å². The van der Waals surface area contributed by atoms with Crippen molar-refractivity contribution in [1.82, 2.24) is 0 Å². The Morgan fingerprint density at radius 3 is 2.00 bits per heavy atom. The minimum Gasteiger partial charge on any atom is -0.377 e. The summed E-state index contributed by atoms with van der Waals surface area (Å²) in [4.78, 5) is 0. The van der Waals surface area contributed by atoms with Gasteiger partial charge in [-0.2, -0.15) is 0 Å². The molecule has 0 aliphatic heterocycles. The Morgan fingerprint density at radius 1 is 0.923 bits per heavy atom. The van der Waals surface area contributed by atoms with E-state index >= 15 is 0 Å². The lowest BCUT2D eigenvalue weighted by molar-refractivity contribution is -0.00968. The predicted octanol–water partition coefficient (Wildman–Crippen LogP) is 0.875. The highest BCUT2D eigenvalue weighted by molar-refractivity contribution is 4.37. The standard InChI is InChI=1S/C9H19O4/c1-9(2)13-8-7-12-6-5-11-4-3-10/h9H,3-8H2,1-2H3. The van der Waals surface area contributed by atoms with Gasteiger partial charge in [0.2, 0.25) is 0 Å². The molecule has 4 heteroatoms. The molecule has 0 aliphatic carbocycles. The lowest BCUT2D eigenvalue weighted by Gasteiger charge is -2.07. The molecule has 0 atom stereocenters. The second kappa shape index (κ2) is 9.92. The zero-order valence-electron chi connectivity index (χ0n) is 8.45. The van der Waals surface area contributed by atoms with Crippen molar-refractivity contribution in [2.24, 2.45) is 0 Å². The molecule has 0 aromatic rings. The Bertz CT molecular complexity index is 95.6. The summed E-state index contributed by atoms with van der Waals surface area (Å²) in [6, 6.07) is 0. The van der Waals surface area contributed by atoms with Crippen LogP contribution in [0.15, 0.2) is 0 Å². The molecule has 79 valence electrons. The Morgan fingerprint density at radius 2 is 1.46 bits per heavy atom. The molecule has 1 radical (unpaired) electrons. The quantitative estimate of drug-likeness (QED) is 0.508. The maximum atomic E-state index is 9.95. The van der Waals surface area contributed by atoms with Gasteiger partial charge in [-0.1, -0.05) is 0 Å². The third-order valence-corrected chi connectivity index (χ3v) is 1.28. The van der Waals surface area contributed by atoms with Crippen molar-refractivity contribution >= 4 is 0 Å². The van der Waals surface area contributed by atoms with E-state index in [-0.39, 0.29) is 19.3 Å². The van der Waals surface area contributed by atoms with Gasteiger partial charge in [-0.05, 0) is 13.8 Å². The number of hydrogen-bond acceptors (Lipinski definition) is 3. The molecule has 0 aliphatic rings. The van der Waals surface area contributed by atoms with Crippen LogP contribution >= 0.6 is 0 Å². The zero-order chi connectivity index (χ0) is 9.94. The molecule has 0 heterocycles. The third-order valence-electron chi connectivity index (χ3n) is 1.28. The first-order valence-corrected chi connectivity index (χ1v) is 4.62. The van der Waals surface area contributed by atoms with Crippen LogP contribution in [-0.2, 0) is 19.3 Å². The third kappa shape index (κ3) is 11.8. The van der Waals surface area contributed by atoms with Gasteiger partial charge in [-0.25, -0.2) is 5.11 Å². The maximum absolute atomic E-state index is 9.95. The molecule has 0 aromatic carbocycles. The van der Waals surface area contributed by atoms with Crippen molar-refractivity contribution in [3.05, 3.63) is 0 Å². The van der Waals surface area contributed by atoms with Crippen LogP contribution in [0.3, 0.4) is 0 Å². The molecule has 0 fully saturated rings. The van der Waals surface area contributed by atoms with Crippen LogP contribution in [0.1, 0.15) is 13.8 Å². The Hall–Kier alpha value is -0.160. The van der Waals surface area contributed by atoms with Gasteiger partial charge in [-0.3, -0.25) is 0 Å². The second-order valence-corrected chi connectivity index (χ2v) is 2.85. The maximum Gasteiger partial charge on any atom is 0.106 e. The second-order valence-electron chi connectivity index (χ2n) is 2.85. The molecule has 0 bridgehead atoms. The van der Waals surface area contributed by atoms with Gasteiger partial charge in [0.05, 0.1) is 39.1 Å². The minimum atomic E-state index is -0.184. The van der Waals surface area contributed by atoms with E-state index in [1.165, 1.54) is 0 Å². The average molecular weight is 191 g/mol. The average Bonchev–Trinajstić information content (AvgIpc) is 2.09. The van der Waals surface area contributed by atoms with Gasteiger partial charge in [0, 0.05) is 0 Å². The van der Waals surface area contributed by atoms with E-state index in [1.54, 1.807) is 0 Å². The highest BCUT2D eigenvalue weighted by Gasteiger charge is 1.93. The molecule has 0 rings (SSSR count). The van der Waals surface area contributed by atoms with Crippen molar-refractivity contribution in [3.8, 4) is 0 Å². The highest BCUT2D eigenvalue weighted by atomic mass is 16.5. The van der Waals surface area contributed by atoms with Crippen LogP contribution in [0, 0.1) is 0 Å². The van der Waals surface area contributed by atoms with Crippen LogP contribution in [-0.4, -0.2) is 45.7 Å². The van der Waals surface area contributed by atoms with Gasteiger partial charge < -0.3 is 14.2 Å². The smallest absolute Gasteiger partial charge is 0.106 e. The summed E-state index contributed by atoms with van der Waals surface area (Å²) < 4.78 is 15.4. The van der Waals surface area contributed by atoms with Gasteiger partial charge in [-0.15, -0.1) is 0 Å². The van der Waals surface area contributed by atoms with Crippen molar-refractivity contribution < 1.29 is 19.3 Å². The largest absolute Gasteiger partial charge is 0.377 e. The zero-order valence-corrected chi connectivity index (χ0v) is 8.45. The Kier molecular flexibility index (Phi) is 9.80. The normalized spacial score (nSPS) is 11.1. The summed E-state index contributed by atoms with van der Waals surface area (Å²) in [6.45, 7) is 6.26. The van der Waals surface area contributed by atoms with E-state index in [0.717, 1.165) is 0 Å². The van der Waals surface area contributed by atoms with E-state index in [4.69, 9.17) is 14.2 Å².